The molecule has 3 rings (SSSR count). The molecule has 0 saturated heterocycles. The van der Waals surface area contributed by atoms with Gasteiger partial charge in [0.15, 0.2) is 0 Å². The zero-order valence-electron chi connectivity index (χ0n) is 10.7. The molecular weight excluding hydrogens is 232 g/mol. The summed E-state index contributed by atoms with van der Waals surface area (Å²) in [6, 6.07) is 20.9. The van der Waals surface area contributed by atoms with Crippen molar-refractivity contribution >= 4 is 11.8 Å². The molecule has 0 amide bonds. The van der Waals surface area contributed by atoms with Gasteiger partial charge < -0.3 is 4.90 Å². The van der Waals surface area contributed by atoms with Gasteiger partial charge in [0.05, 0.1) is 0 Å². The molecule has 1 heterocycles. The van der Waals surface area contributed by atoms with Gasteiger partial charge >= 0.3 is 0 Å². The maximum absolute atomic E-state index is 4.45. The molecule has 2 nitrogen and oxygen atoms in total. The molecule has 0 aliphatic carbocycles. The number of hydrogen-bond acceptors (Lipinski definition) is 2. The van der Waals surface area contributed by atoms with Crippen LogP contribution in [0.25, 0.3) is 5.57 Å². The topological polar surface area (TPSA) is 15.6 Å². The molecule has 1 aliphatic heterocycles. The van der Waals surface area contributed by atoms with Crippen molar-refractivity contribution in [2.24, 2.45) is 4.99 Å². The lowest BCUT2D eigenvalue weighted by atomic mass is 10.1. The van der Waals surface area contributed by atoms with E-state index in [1.807, 2.05) is 18.3 Å². The second-order valence-corrected chi connectivity index (χ2v) is 4.64. The minimum atomic E-state index is 0.727. The molecule has 2 aromatic rings. The summed E-state index contributed by atoms with van der Waals surface area (Å²) in [5, 5.41) is 0. The molecule has 2 heteroatoms. The van der Waals surface area contributed by atoms with Crippen LogP contribution < -0.4 is 0 Å². The van der Waals surface area contributed by atoms with Crippen LogP contribution in [0, 0.1) is 0 Å². The van der Waals surface area contributed by atoms with Crippen molar-refractivity contribution in [2.75, 3.05) is 6.67 Å². The molecule has 0 saturated carbocycles. The summed E-state index contributed by atoms with van der Waals surface area (Å²) < 4.78 is 0. The molecule has 0 N–H and O–H groups in total. The molecule has 19 heavy (non-hydrogen) atoms. The van der Waals surface area contributed by atoms with Crippen molar-refractivity contribution in [3.05, 3.63) is 78.0 Å². The molecule has 94 valence electrons. The highest BCUT2D eigenvalue weighted by Gasteiger charge is 2.08. The van der Waals surface area contributed by atoms with Crippen molar-refractivity contribution in [3.8, 4) is 0 Å². The van der Waals surface area contributed by atoms with Crippen LogP contribution in [0.2, 0.25) is 0 Å². The number of rotatable bonds is 3. The molecule has 0 unspecified atom stereocenters. The van der Waals surface area contributed by atoms with Crippen LogP contribution in [0.5, 0.6) is 0 Å². The van der Waals surface area contributed by atoms with Gasteiger partial charge in [-0.2, -0.15) is 0 Å². The Balaban J connectivity index is 1.78. The zero-order valence-corrected chi connectivity index (χ0v) is 10.7. The summed E-state index contributed by atoms with van der Waals surface area (Å²) in [6.07, 6.45) is 4.14. The maximum atomic E-state index is 4.45. The first-order valence-corrected chi connectivity index (χ1v) is 6.47. The average molecular weight is 248 g/mol. The van der Waals surface area contributed by atoms with Crippen LogP contribution in [0.1, 0.15) is 11.1 Å². The summed E-state index contributed by atoms with van der Waals surface area (Å²) in [5.74, 6) is 0. The number of hydrogen-bond donors (Lipinski definition) is 0. The largest absolute Gasteiger partial charge is 0.353 e. The quantitative estimate of drug-likeness (QED) is 0.810. The molecule has 0 bridgehead atoms. The van der Waals surface area contributed by atoms with Gasteiger partial charge in [-0.3, -0.25) is 4.99 Å². The van der Waals surface area contributed by atoms with E-state index in [9.17, 15) is 0 Å². The van der Waals surface area contributed by atoms with Crippen molar-refractivity contribution in [3.63, 3.8) is 0 Å². The van der Waals surface area contributed by atoms with E-state index in [1.165, 1.54) is 16.7 Å². The highest BCUT2D eigenvalue weighted by atomic mass is 15.2. The fourth-order valence-corrected chi connectivity index (χ4v) is 2.21. The van der Waals surface area contributed by atoms with Crippen LogP contribution in [-0.2, 0) is 6.54 Å². The number of nitrogens with zero attached hydrogens (tertiary/aromatic N) is 2. The van der Waals surface area contributed by atoms with E-state index in [0.29, 0.717) is 0 Å². The number of aliphatic imine (C=N–C) groups is 1. The van der Waals surface area contributed by atoms with E-state index < -0.39 is 0 Å². The summed E-state index contributed by atoms with van der Waals surface area (Å²) in [5.41, 5.74) is 3.69. The summed E-state index contributed by atoms with van der Waals surface area (Å²) in [6.45, 7) is 1.62. The fourth-order valence-electron chi connectivity index (χ4n) is 2.21. The lowest BCUT2D eigenvalue weighted by molar-refractivity contribution is 0.381. The Morgan fingerprint density at radius 1 is 0.895 bits per heavy atom. The van der Waals surface area contributed by atoms with E-state index in [-0.39, 0.29) is 0 Å². The smallest absolute Gasteiger partial charge is 0.110 e. The van der Waals surface area contributed by atoms with E-state index in [0.717, 1.165) is 13.2 Å². The van der Waals surface area contributed by atoms with Crippen molar-refractivity contribution in [2.45, 2.75) is 6.54 Å². The van der Waals surface area contributed by atoms with E-state index in [4.69, 9.17) is 0 Å². The van der Waals surface area contributed by atoms with E-state index >= 15 is 0 Å². The first-order valence-electron chi connectivity index (χ1n) is 6.47. The Labute approximate surface area is 113 Å². The van der Waals surface area contributed by atoms with Gasteiger partial charge in [-0.1, -0.05) is 60.7 Å². The van der Waals surface area contributed by atoms with Gasteiger partial charge in [-0.15, -0.1) is 0 Å². The van der Waals surface area contributed by atoms with Gasteiger partial charge in [-0.25, -0.2) is 0 Å². The molecule has 0 atom stereocenters. The van der Waals surface area contributed by atoms with Crippen molar-refractivity contribution < 1.29 is 0 Å². The first-order chi connectivity index (χ1) is 9.42. The summed E-state index contributed by atoms with van der Waals surface area (Å²) >= 11 is 0. The van der Waals surface area contributed by atoms with Gasteiger partial charge in [0.2, 0.25) is 0 Å². The van der Waals surface area contributed by atoms with E-state index in [2.05, 4.69) is 64.6 Å². The Kier molecular flexibility index (Phi) is 3.41. The van der Waals surface area contributed by atoms with Crippen LogP contribution in [0.15, 0.2) is 71.9 Å². The van der Waals surface area contributed by atoms with Crippen LogP contribution in [-0.4, -0.2) is 17.8 Å². The van der Waals surface area contributed by atoms with Gasteiger partial charge in [0, 0.05) is 24.5 Å². The highest BCUT2D eigenvalue weighted by molar-refractivity contribution is 6.10. The molecule has 0 spiro atoms. The second kappa shape index (κ2) is 5.53. The lowest BCUT2D eigenvalue weighted by Gasteiger charge is -2.22. The Morgan fingerprint density at radius 3 is 2.32 bits per heavy atom. The Bertz CT molecular complexity index is 585. The number of benzene rings is 2. The molecule has 0 radical (unpaired) electrons. The highest BCUT2D eigenvalue weighted by Crippen LogP contribution is 2.17. The molecule has 0 aromatic heterocycles. The normalized spacial score (nSPS) is 14.3. The second-order valence-electron chi connectivity index (χ2n) is 4.64. The van der Waals surface area contributed by atoms with Gasteiger partial charge in [0.1, 0.15) is 6.67 Å². The molecule has 2 aromatic carbocycles. The monoisotopic (exact) mass is 248 g/mol. The third-order valence-corrected chi connectivity index (χ3v) is 3.15. The van der Waals surface area contributed by atoms with Crippen LogP contribution >= 0.6 is 0 Å². The van der Waals surface area contributed by atoms with Crippen molar-refractivity contribution in [1.82, 2.24) is 4.90 Å². The minimum Gasteiger partial charge on any atom is -0.353 e. The zero-order chi connectivity index (χ0) is 12.9. The Hall–Kier alpha value is -2.35. The SMILES string of the molecule is C1=NCN(Cc2ccccc2)C=C1c1ccccc1. The maximum Gasteiger partial charge on any atom is 0.110 e. The Morgan fingerprint density at radius 2 is 1.58 bits per heavy atom. The third-order valence-electron chi connectivity index (χ3n) is 3.15. The fraction of sp³-hybridized carbons (Fsp3) is 0.118. The third kappa shape index (κ3) is 2.91. The summed E-state index contributed by atoms with van der Waals surface area (Å²) in [4.78, 5) is 6.68. The average Bonchev–Trinajstić information content (AvgIpc) is 2.49. The predicted octanol–water partition coefficient (Wildman–Crippen LogP) is 3.57. The van der Waals surface area contributed by atoms with Crippen molar-refractivity contribution in [1.29, 1.82) is 0 Å². The molecule has 1 aliphatic rings. The molecular formula is C17H16N2. The number of allylic oxidation sites excluding steroid dienone is 1. The standard InChI is InChI=1S/C17H16N2/c1-3-7-15(8-4-1)12-19-13-17(11-18-14-19)16-9-5-2-6-10-16/h1-11,13H,12,14H2. The first kappa shape index (κ1) is 11.7. The minimum absolute atomic E-state index is 0.727. The predicted molar refractivity (Wildman–Crippen MR) is 79.8 cm³/mol. The van der Waals surface area contributed by atoms with E-state index in [1.54, 1.807) is 0 Å². The van der Waals surface area contributed by atoms with Crippen LogP contribution in [0.3, 0.4) is 0 Å². The molecule has 0 fully saturated rings. The van der Waals surface area contributed by atoms with Gasteiger partial charge in [0.25, 0.3) is 0 Å². The van der Waals surface area contributed by atoms with Gasteiger partial charge in [-0.05, 0) is 11.1 Å². The van der Waals surface area contributed by atoms with Crippen LogP contribution in [0.4, 0.5) is 0 Å². The summed E-state index contributed by atoms with van der Waals surface area (Å²) in [7, 11) is 0. The lowest BCUT2D eigenvalue weighted by Crippen LogP contribution is -2.20.